The highest BCUT2D eigenvalue weighted by Crippen LogP contribution is 2.27. The number of amides is 1. The van der Waals surface area contributed by atoms with E-state index in [1.54, 1.807) is 26.2 Å². The van der Waals surface area contributed by atoms with Crippen LogP contribution in [0.15, 0.2) is 64.2 Å². The number of rotatable bonds is 6. The van der Waals surface area contributed by atoms with Gasteiger partial charge in [-0.3, -0.25) is 4.79 Å². The third-order valence-corrected chi connectivity index (χ3v) is 4.35. The van der Waals surface area contributed by atoms with Crippen molar-refractivity contribution in [3.63, 3.8) is 0 Å². The highest BCUT2D eigenvalue weighted by atomic mass is 32.2. The number of nitrogens with zero attached hydrogens (tertiary/aromatic N) is 2. The van der Waals surface area contributed by atoms with Crippen molar-refractivity contribution in [3.8, 4) is 17.2 Å². The molecular weight excluding hydrogens is 338 g/mol. The van der Waals surface area contributed by atoms with Crippen LogP contribution in [0.25, 0.3) is 11.5 Å². The molecule has 0 bridgehead atoms. The van der Waals surface area contributed by atoms with Gasteiger partial charge in [-0.25, -0.2) is 0 Å². The van der Waals surface area contributed by atoms with E-state index >= 15 is 0 Å². The Morgan fingerprint density at radius 1 is 1.16 bits per heavy atom. The number of thioether (sulfide) groups is 1. The number of ether oxygens (including phenoxy) is 1. The van der Waals surface area contributed by atoms with Gasteiger partial charge in [-0.1, -0.05) is 36.0 Å². The van der Waals surface area contributed by atoms with Crippen molar-refractivity contribution in [2.45, 2.75) is 17.4 Å². The van der Waals surface area contributed by atoms with E-state index < -0.39 is 5.25 Å². The number of anilines is 1. The van der Waals surface area contributed by atoms with E-state index in [-0.39, 0.29) is 5.91 Å². The van der Waals surface area contributed by atoms with Gasteiger partial charge in [-0.15, -0.1) is 10.2 Å². The van der Waals surface area contributed by atoms with E-state index in [0.29, 0.717) is 22.6 Å². The Kier molecular flexibility index (Phi) is 5.35. The third-order valence-electron chi connectivity index (χ3n) is 3.41. The summed E-state index contributed by atoms with van der Waals surface area (Å²) in [4.78, 5) is 12.3. The summed E-state index contributed by atoms with van der Waals surface area (Å²) in [5.74, 6) is 0.962. The average molecular weight is 355 g/mol. The Bertz CT molecular complexity index is 852. The fourth-order valence-electron chi connectivity index (χ4n) is 2.10. The van der Waals surface area contributed by atoms with Crippen LogP contribution in [0, 0.1) is 0 Å². The molecule has 6 nitrogen and oxygen atoms in total. The summed E-state index contributed by atoms with van der Waals surface area (Å²) < 4.78 is 10.8. The Balaban J connectivity index is 1.62. The van der Waals surface area contributed by atoms with Gasteiger partial charge in [0.25, 0.3) is 5.22 Å². The van der Waals surface area contributed by atoms with Crippen molar-refractivity contribution in [1.82, 2.24) is 10.2 Å². The monoisotopic (exact) mass is 355 g/mol. The fourth-order valence-corrected chi connectivity index (χ4v) is 2.79. The molecule has 0 unspecified atom stereocenters. The van der Waals surface area contributed by atoms with Gasteiger partial charge in [0.1, 0.15) is 5.75 Å². The van der Waals surface area contributed by atoms with Crippen LogP contribution in [-0.2, 0) is 4.79 Å². The summed E-state index contributed by atoms with van der Waals surface area (Å²) in [7, 11) is 1.58. The zero-order valence-corrected chi connectivity index (χ0v) is 14.6. The lowest BCUT2D eigenvalue weighted by Gasteiger charge is -2.10. The molecule has 3 rings (SSSR count). The lowest BCUT2D eigenvalue weighted by Crippen LogP contribution is -2.22. The molecule has 3 aromatic rings. The predicted octanol–water partition coefficient (Wildman–Crippen LogP) is 3.86. The molecule has 0 aliphatic rings. The first-order valence-electron chi connectivity index (χ1n) is 7.66. The number of nitrogens with one attached hydrogen (secondary N) is 1. The quantitative estimate of drug-likeness (QED) is 0.677. The zero-order valence-electron chi connectivity index (χ0n) is 13.8. The van der Waals surface area contributed by atoms with Crippen LogP contribution in [0.5, 0.6) is 5.75 Å². The summed E-state index contributed by atoms with van der Waals surface area (Å²) in [6.45, 7) is 1.78. The topological polar surface area (TPSA) is 77.2 Å². The minimum absolute atomic E-state index is 0.155. The first-order chi connectivity index (χ1) is 12.2. The Hall–Kier alpha value is -2.80. The molecular formula is C18H17N3O3S. The SMILES string of the molecule is COc1cccc(NC(=O)[C@@H](C)Sc2nnc(-c3ccccc3)o2)c1. The molecule has 7 heteroatoms. The highest BCUT2D eigenvalue weighted by molar-refractivity contribution is 8.00. The van der Waals surface area contributed by atoms with Crippen molar-refractivity contribution < 1.29 is 13.9 Å². The first kappa shape index (κ1) is 17.0. The molecule has 25 heavy (non-hydrogen) atoms. The maximum atomic E-state index is 12.3. The largest absolute Gasteiger partial charge is 0.497 e. The molecule has 1 atom stereocenters. The van der Waals surface area contributed by atoms with Gasteiger partial charge in [0, 0.05) is 17.3 Å². The van der Waals surface area contributed by atoms with E-state index in [1.165, 1.54) is 11.8 Å². The second kappa shape index (κ2) is 7.85. The van der Waals surface area contributed by atoms with Gasteiger partial charge in [-0.2, -0.15) is 0 Å². The molecule has 128 valence electrons. The number of hydrogen-bond donors (Lipinski definition) is 1. The lowest BCUT2D eigenvalue weighted by atomic mass is 10.2. The number of methoxy groups -OCH3 is 1. The van der Waals surface area contributed by atoms with Crippen molar-refractivity contribution in [3.05, 3.63) is 54.6 Å². The van der Waals surface area contributed by atoms with Crippen LogP contribution in [0.3, 0.4) is 0 Å². The fraction of sp³-hybridized carbons (Fsp3) is 0.167. The standard InChI is InChI=1S/C18H17N3O3S/c1-12(16(22)19-14-9-6-10-15(11-14)23-2)25-18-21-20-17(24-18)13-7-4-3-5-8-13/h3-12H,1-2H3,(H,19,22)/t12-/m1/s1. The van der Waals surface area contributed by atoms with Gasteiger partial charge in [-0.05, 0) is 31.2 Å². The molecule has 0 aliphatic carbocycles. The molecule has 1 N–H and O–H groups in total. The molecule has 0 fully saturated rings. The Morgan fingerprint density at radius 2 is 1.96 bits per heavy atom. The minimum atomic E-state index is -0.393. The summed E-state index contributed by atoms with van der Waals surface area (Å²) >= 11 is 1.21. The van der Waals surface area contributed by atoms with E-state index in [9.17, 15) is 4.79 Å². The van der Waals surface area contributed by atoms with E-state index in [2.05, 4.69) is 15.5 Å². The van der Waals surface area contributed by atoms with E-state index in [0.717, 1.165) is 5.56 Å². The van der Waals surface area contributed by atoms with Crippen molar-refractivity contribution in [2.24, 2.45) is 0 Å². The third kappa shape index (κ3) is 4.39. The number of benzene rings is 2. The molecule has 0 saturated carbocycles. The van der Waals surface area contributed by atoms with Crippen LogP contribution < -0.4 is 10.1 Å². The van der Waals surface area contributed by atoms with Gasteiger partial charge < -0.3 is 14.5 Å². The molecule has 0 saturated heterocycles. The highest BCUT2D eigenvalue weighted by Gasteiger charge is 2.19. The number of aromatic nitrogens is 2. The normalized spacial score (nSPS) is 11.8. The number of hydrogen-bond acceptors (Lipinski definition) is 6. The van der Waals surface area contributed by atoms with Crippen LogP contribution in [0.4, 0.5) is 5.69 Å². The minimum Gasteiger partial charge on any atom is -0.497 e. The van der Waals surface area contributed by atoms with Gasteiger partial charge in [0.2, 0.25) is 11.8 Å². The maximum absolute atomic E-state index is 12.3. The summed E-state index contributed by atoms with van der Waals surface area (Å²) in [5, 5.41) is 10.8. The van der Waals surface area contributed by atoms with E-state index in [1.807, 2.05) is 42.5 Å². The lowest BCUT2D eigenvalue weighted by molar-refractivity contribution is -0.115. The van der Waals surface area contributed by atoms with Gasteiger partial charge in [0.15, 0.2) is 0 Å². The van der Waals surface area contributed by atoms with Crippen molar-refractivity contribution >= 4 is 23.4 Å². The van der Waals surface area contributed by atoms with Gasteiger partial charge >= 0.3 is 0 Å². The smallest absolute Gasteiger partial charge is 0.277 e. The van der Waals surface area contributed by atoms with E-state index in [4.69, 9.17) is 9.15 Å². The summed E-state index contributed by atoms with van der Waals surface area (Å²) in [6.07, 6.45) is 0. The second-order valence-electron chi connectivity index (χ2n) is 5.22. The molecule has 1 amide bonds. The molecule has 1 heterocycles. The van der Waals surface area contributed by atoms with Crippen LogP contribution >= 0.6 is 11.8 Å². The maximum Gasteiger partial charge on any atom is 0.277 e. The van der Waals surface area contributed by atoms with Crippen LogP contribution in [-0.4, -0.2) is 28.5 Å². The van der Waals surface area contributed by atoms with Crippen molar-refractivity contribution in [1.29, 1.82) is 0 Å². The molecule has 0 spiro atoms. The number of carbonyl (C=O) groups excluding carboxylic acids is 1. The Morgan fingerprint density at radius 3 is 2.72 bits per heavy atom. The van der Waals surface area contributed by atoms with Crippen LogP contribution in [0.1, 0.15) is 6.92 Å². The molecule has 0 radical (unpaired) electrons. The predicted molar refractivity (Wildman–Crippen MR) is 96.7 cm³/mol. The average Bonchev–Trinajstić information content (AvgIpc) is 3.11. The first-order valence-corrected chi connectivity index (χ1v) is 8.54. The second-order valence-corrected chi connectivity index (χ2v) is 6.51. The van der Waals surface area contributed by atoms with Crippen molar-refractivity contribution in [2.75, 3.05) is 12.4 Å². The summed E-state index contributed by atoms with van der Waals surface area (Å²) in [6, 6.07) is 16.7. The zero-order chi connectivity index (χ0) is 17.6. The Labute approximate surface area is 149 Å². The number of carbonyl (C=O) groups is 1. The molecule has 1 aromatic heterocycles. The van der Waals surface area contributed by atoms with Crippen LogP contribution in [0.2, 0.25) is 0 Å². The molecule has 2 aromatic carbocycles. The molecule has 0 aliphatic heterocycles. The van der Waals surface area contributed by atoms with Gasteiger partial charge in [0.05, 0.1) is 12.4 Å². The summed E-state index contributed by atoms with van der Waals surface area (Å²) in [5.41, 5.74) is 1.52.